The standard InChI is InChI=1S/C27H29N5O4/c1-16-20-10-9-17(6-5-11-27(2)24(36-27)23(20)35-26(16)34)14-32-15-19(30-31-32)13-28-25(33)22-12-18-7-3-4-8-21(18)29-22/h3-4,6-8,12,15,20,23-24,29H,1,5,9-11,13-14H2,2H3,(H,28,33)/b17-6+/t20-,23-,24-,27+/m0/s1. The number of hydrogen-bond donors (Lipinski definition) is 2. The number of epoxide rings is 1. The normalized spacial score (nSPS) is 29.1. The zero-order valence-electron chi connectivity index (χ0n) is 20.2. The highest BCUT2D eigenvalue weighted by molar-refractivity contribution is 5.97. The van der Waals surface area contributed by atoms with Gasteiger partial charge in [-0.05, 0) is 44.7 Å². The number of nitrogens with zero attached hydrogens (tertiary/aromatic N) is 3. The van der Waals surface area contributed by atoms with Gasteiger partial charge in [-0.15, -0.1) is 5.10 Å². The number of aromatic nitrogens is 4. The fourth-order valence-electron chi connectivity index (χ4n) is 5.43. The summed E-state index contributed by atoms with van der Waals surface area (Å²) in [6.45, 7) is 6.96. The largest absolute Gasteiger partial charge is 0.455 e. The number of benzene rings is 1. The van der Waals surface area contributed by atoms with Gasteiger partial charge >= 0.3 is 5.97 Å². The number of carbonyl (C=O) groups is 2. The number of nitrogens with one attached hydrogen (secondary N) is 2. The SMILES string of the molecule is C=C1C(=O)O[C@H]2[C@H]1CC/C(Cn1cc(CNC(=O)c3cc4ccccc4[nH]3)nn1)=C\CC[C@@]1(C)O[C@@H]21. The van der Waals surface area contributed by atoms with Gasteiger partial charge in [0.2, 0.25) is 0 Å². The van der Waals surface area contributed by atoms with Crippen LogP contribution in [0.1, 0.15) is 48.8 Å². The first kappa shape index (κ1) is 22.7. The number of carbonyl (C=O) groups excluding carboxylic acids is 2. The summed E-state index contributed by atoms with van der Waals surface area (Å²) in [6.07, 6.45) is 7.17. The van der Waals surface area contributed by atoms with Crippen LogP contribution < -0.4 is 5.32 Å². The summed E-state index contributed by atoms with van der Waals surface area (Å²) in [4.78, 5) is 27.9. The minimum absolute atomic E-state index is 0.0306. The number of hydrogen-bond acceptors (Lipinski definition) is 6. The van der Waals surface area contributed by atoms with Crippen molar-refractivity contribution < 1.29 is 19.1 Å². The van der Waals surface area contributed by atoms with Gasteiger partial charge in [0.1, 0.15) is 23.6 Å². The number of esters is 1. The molecule has 186 valence electrons. The smallest absolute Gasteiger partial charge is 0.334 e. The molecule has 0 radical (unpaired) electrons. The van der Waals surface area contributed by atoms with Gasteiger partial charge in [0.15, 0.2) is 0 Å². The molecular weight excluding hydrogens is 458 g/mol. The van der Waals surface area contributed by atoms with Gasteiger partial charge < -0.3 is 19.8 Å². The second kappa shape index (κ2) is 8.74. The zero-order valence-corrected chi connectivity index (χ0v) is 20.2. The van der Waals surface area contributed by atoms with Crippen molar-refractivity contribution in [2.45, 2.75) is 63.5 Å². The molecule has 4 atom stereocenters. The van der Waals surface area contributed by atoms with Gasteiger partial charge in [0.25, 0.3) is 5.91 Å². The number of H-pyrrole nitrogens is 1. The Bertz CT molecular complexity index is 1350. The highest BCUT2D eigenvalue weighted by Crippen LogP contribution is 2.49. The van der Waals surface area contributed by atoms with E-state index in [1.807, 2.05) is 36.5 Å². The molecule has 1 aromatic carbocycles. The van der Waals surface area contributed by atoms with Crippen LogP contribution >= 0.6 is 0 Å². The average molecular weight is 488 g/mol. The average Bonchev–Trinajstić information content (AvgIpc) is 3.20. The fourth-order valence-corrected chi connectivity index (χ4v) is 5.43. The van der Waals surface area contributed by atoms with Crippen molar-refractivity contribution in [1.82, 2.24) is 25.3 Å². The van der Waals surface area contributed by atoms with Crippen LogP contribution in [0.4, 0.5) is 0 Å². The van der Waals surface area contributed by atoms with Crippen LogP contribution in [0.2, 0.25) is 0 Å². The van der Waals surface area contributed by atoms with E-state index in [1.165, 1.54) is 5.57 Å². The molecular formula is C27H29N5O4. The molecule has 2 saturated heterocycles. The van der Waals surface area contributed by atoms with Gasteiger partial charge in [-0.1, -0.05) is 41.6 Å². The molecule has 9 heteroatoms. The Morgan fingerprint density at radius 3 is 3.08 bits per heavy atom. The van der Waals surface area contributed by atoms with Crippen molar-refractivity contribution in [3.8, 4) is 0 Å². The first-order valence-corrected chi connectivity index (χ1v) is 12.4. The van der Waals surface area contributed by atoms with E-state index < -0.39 is 0 Å². The molecule has 2 aliphatic heterocycles. The van der Waals surface area contributed by atoms with E-state index in [9.17, 15) is 9.59 Å². The number of rotatable bonds is 5. The van der Waals surface area contributed by atoms with Crippen LogP contribution in [0.3, 0.4) is 0 Å². The fraction of sp³-hybridized carbons (Fsp3) is 0.407. The Hall–Kier alpha value is -3.72. The van der Waals surface area contributed by atoms with Crippen LogP contribution in [-0.2, 0) is 27.4 Å². The molecule has 3 aromatic rings. The Labute approximate surface area is 208 Å². The summed E-state index contributed by atoms with van der Waals surface area (Å²) in [5.41, 5.74) is 3.64. The lowest BCUT2D eigenvalue weighted by Crippen LogP contribution is -2.29. The van der Waals surface area contributed by atoms with Crippen LogP contribution in [-0.4, -0.2) is 49.7 Å². The molecule has 1 aliphatic carbocycles. The summed E-state index contributed by atoms with van der Waals surface area (Å²) in [5.74, 6) is -0.520. The van der Waals surface area contributed by atoms with Gasteiger partial charge in [-0.2, -0.15) is 0 Å². The predicted molar refractivity (Wildman–Crippen MR) is 132 cm³/mol. The molecule has 4 heterocycles. The summed E-state index contributed by atoms with van der Waals surface area (Å²) in [6, 6.07) is 9.61. The van der Waals surface area contributed by atoms with Crippen LogP contribution in [0.25, 0.3) is 10.9 Å². The lowest BCUT2D eigenvalue weighted by Gasteiger charge is -2.20. The molecule has 6 rings (SSSR count). The Kier molecular flexibility index (Phi) is 5.52. The minimum Gasteiger partial charge on any atom is -0.455 e. The second-order valence-electron chi connectivity index (χ2n) is 10.2. The van der Waals surface area contributed by atoms with Crippen molar-refractivity contribution in [2.75, 3.05) is 0 Å². The molecule has 3 aliphatic rings. The number of ether oxygens (including phenoxy) is 2. The van der Waals surface area contributed by atoms with Gasteiger partial charge in [-0.25, -0.2) is 9.48 Å². The zero-order chi connectivity index (χ0) is 24.9. The van der Waals surface area contributed by atoms with Gasteiger partial charge in [0, 0.05) is 22.4 Å². The maximum Gasteiger partial charge on any atom is 0.334 e. The third-order valence-corrected chi connectivity index (χ3v) is 7.59. The van der Waals surface area contributed by atoms with Crippen molar-refractivity contribution >= 4 is 22.8 Å². The predicted octanol–water partition coefficient (Wildman–Crippen LogP) is 3.45. The molecule has 9 nitrogen and oxygen atoms in total. The van der Waals surface area contributed by atoms with Crippen LogP contribution in [0.5, 0.6) is 0 Å². The number of fused-ring (bicyclic) bond motifs is 4. The number of para-hydroxylation sites is 1. The summed E-state index contributed by atoms with van der Waals surface area (Å²) in [7, 11) is 0. The van der Waals surface area contributed by atoms with E-state index in [0.29, 0.717) is 23.5 Å². The topological polar surface area (TPSA) is 114 Å². The van der Waals surface area contributed by atoms with Gasteiger partial charge in [-0.3, -0.25) is 4.79 Å². The molecule has 0 bridgehead atoms. The van der Waals surface area contributed by atoms with Crippen molar-refractivity contribution in [1.29, 1.82) is 0 Å². The molecule has 2 aromatic heterocycles. The first-order chi connectivity index (χ1) is 17.4. The summed E-state index contributed by atoms with van der Waals surface area (Å²) >= 11 is 0. The van der Waals surface area contributed by atoms with Crippen LogP contribution in [0.15, 0.2) is 60.3 Å². The molecule has 0 saturated carbocycles. The monoisotopic (exact) mass is 487 g/mol. The Balaban J connectivity index is 1.09. The second-order valence-corrected chi connectivity index (χ2v) is 10.2. The van der Waals surface area contributed by atoms with Crippen molar-refractivity contribution in [3.05, 3.63) is 71.7 Å². The number of allylic oxidation sites excluding steroid dienone is 2. The summed E-state index contributed by atoms with van der Waals surface area (Å²) < 4.78 is 13.4. The number of aromatic amines is 1. The van der Waals surface area contributed by atoms with E-state index in [-0.39, 0.29) is 42.1 Å². The van der Waals surface area contributed by atoms with E-state index >= 15 is 0 Å². The highest BCUT2D eigenvalue weighted by atomic mass is 16.6. The molecule has 0 spiro atoms. The lowest BCUT2D eigenvalue weighted by molar-refractivity contribution is -0.140. The number of amides is 1. The maximum atomic E-state index is 12.6. The Morgan fingerprint density at radius 2 is 2.22 bits per heavy atom. The van der Waals surface area contributed by atoms with E-state index in [1.54, 1.807) is 4.68 Å². The molecule has 0 unspecified atom stereocenters. The minimum atomic E-state index is -0.303. The van der Waals surface area contributed by atoms with E-state index in [2.05, 4.69) is 40.2 Å². The van der Waals surface area contributed by atoms with E-state index in [4.69, 9.17) is 9.47 Å². The van der Waals surface area contributed by atoms with Crippen molar-refractivity contribution in [2.24, 2.45) is 5.92 Å². The summed E-state index contributed by atoms with van der Waals surface area (Å²) in [5, 5.41) is 12.4. The lowest BCUT2D eigenvalue weighted by atomic mass is 9.84. The third kappa shape index (κ3) is 4.24. The van der Waals surface area contributed by atoms with Gasteiger partial charge in [0.05, 0.1) is 24.9 Å². The molecule has 2 fully saturated rings. The highest BCUT2D eigenvalue weighted by Gasteiger charge is 2.61. The van der Waals surface area contributed by atoms with Crippen molar-refractivity contribution in [3.63, 3.8) is 0 Å². The molecule has 1 amide bonds. The Morgan fingerprint density at radius 1 is 1.36 bits per heavy atom. The third-order valence-electron chi connectivity index (χ3n) is 7.59. The molecule has 2 N–H and O–H groups in total. The first-order valence-electron chi connectivity index (χ1n) is 12.4. The molecule has 36 heavy (non-hydrogen) atoms. The quantitative estimate of drug-likeness (QED) is 0.247. The maximum absolute atomic E-state index is 12.6. The van der Waals surface area contributed by atoms with Crippen LogP contribution in [0, 0.1) is 5.92 Å². The van der Waals surface area contributed by atoms with E-state index in [0.717, 1.165) is 36.6 Å².